The van der Waals surface area contributed by atoms with Gasteiger partial charge < -0.3 is 14.6 Å². The molecule has 4 nitrogen and oxygen atoms in total. The van der Waals surface area contributed by atoms with Crippen LogP contribution in [0.25, 0.3) is 6.08 Å². The van der Waals surface area contributed by atoms with E-state index in [4.69, 9.17) is 9.47 Å². The Morgan fingerprint density at radius 2 is 1.91 bits per heavy atom. The molecule has 0 saturated carbocycles. The Hall–Kier alpha value is -2.75. The van der Waals surface area contributed by atoms with Gasteiger partial charge >= 0.3 is 5.97 Å². The summed E-state index contributed by atoms with van der Waals surface area (Å²) in [5.74, 6) is -0.00983. The Kier molecular flexibility index (Phi) is 5.20. The van der Waals surface area contributed by atoms with E-state index in [9.17, 15) is 9.90 Å². The molecule has 114 valence electrons. The van der Waals surface area contributed by atoms with E-state index in [0.717, 1.165) is 16.7 Å². The summed E-state index contributed by atoms with van der Waals surface area (Å²) in [6.45, 7) is 2.24. The van der Waals surface area contributed by atoms with Crippen LogP contribution in [0.3, 0.4) is 0 Å². The summed E-state index contributed by atoms with van der Waals surface area (Å²) < 4.78 is 10.2. The molecule has 2 aromatic rings. The Morgan fingerprint density at radius 1 is 1.18 bits per heavy atom. The number of hydrogen-bond donors (Lipinski definition) is 1. The maximum atomic E-state index is 11.7. The van der Waals surface area contributed by atoms with Crippen LogP contribution in [0, 0.1) is 6.92 Å². The largest absolute Gasteiger partial charge is 0.504 e. The lowest BCUT2D eigenvalue weighted by atomic mass is 10.2. The van der Waals surface area contributed by atoms with Crippen molar-refractivity contribution >= 4 is 12.0 Å². The van der Waals surface area contributed by atoms with Gasteiger partial charge in [-0.25, -0.2) is 4.79 Å². The highest BCUT2D eigenvalue weighted by Gasteiger charge is 2.02. The van der Waals surface area contributed by atoms with Crippen molar-refractivity contribution < 1.29 is 19.4 Å². The molecular weight excluding hydrogens is 280 g/mol. The number of carbonyl (C=O) groups excluding carboxylic acids is 1. The van der Waals surface area contributed by atoms with Crippen molar-refractivity contribution in [1.82, 2.24) is 0 Å². The minimum Gasteiger partial charge on any atom is -0.504 e. The highest BCUT2D eigenvalue weighted by Crippen LogP contribution is 2.26. The summed E-state index contributed by atoms with van der Waals surface area (Å²) >= 11 is 0. The van der Waals surface area contributed by atoms with Crippen LogP contribution >= 0.6 is 0 Å². The van der Waals surface area contributed by atoms with Gasteiger partial charge in [0.05, 0.1) is 7.11 Å². The van der Waals surface area contributed by atoms with Crippen molar-refractivity contribution in [3.05, 3.63) is 65.2 Å². The zero-order chi connectivity index (χ0) is 15.9. The minimum absolute atomic E-state index is 0.0570. The molecule has 4 heteroatoms. The number of rotatable bonds is 5. The van der Waals surface area contributed by atoms with E-state index in [1.165, 1.54) is 19.3 Å². The maximum Gasteiger partial charge on any atom is 0.331 e. The fraction of sp³-hybridized carbons (Fsp3) is 0.167. The van der Waals surface area contributed by atoms with Gasteiger partial charge in [-0.1, -0.05) is 35.9 Å². The molecule has 0 heterocycles. The van der Waals surface area contributed by atoms with Crippen molar-refractivity contribution in [2.24, 2.45) is 0 Å². The molecule has 0 unspecified atom stereocenters. The Balaban J connectivity index is 1.92. The number of hydrogen-bond acceptors (Lipinski definition) is 4. The van der Waals surface area contributed by atoms with E-state index in [0.29, 0.717) is 5.75 Å². The number of aromatic hydroxyl groups is 1. The van der Waals surface area contributed by atoms with Gasteiger partial charge in [-0.3, -0.25) is 0 Å². The summed E-state index contributed by atoms with van der Waals surface area (Å²) in [5.41, 5.74) is 2.84. The van der Waals surface area contributed by atoms with Gasteiger partial charge in [0.1, 0.15) is 6.61 Å². The van der Waals surface area contributed by atoms with Gasteiger partial charge in [-0.2, -0.15) is 0 Å². The van der Waals surface area contributed by atoms with Crippen LogP contribution in [0.5, 0.6) is 11.5 Å². The topological polar surface area (TPSA) is 55.8 Å². The first-order chi connectivity index (χ1) is 10.6. The standard InChI is InChI=1S/C18H18O4/c1-13-3-5-15(6-4-13)12-22-18(20)10-8-14-7-9-16(19)17(11-14)21-2/h3-11,19H,12H2,1-2H3/b10-8+. The number of phenols is 1. The number of phenolic OH excluding ortho intramolecular Hbond substituents is 1. The van der Waals surface area contributed by atoms with Crippen molar-refractivity contribution in [2.75, 3.05) is 7.11 Å². The van der Waals surface area contributed by atoms with E-state index < -0.39 is 5.97 Å². The molecule has 0 radical (unpaired) electrons. The molecule has 2 rings (SSSR count). The van der Waals surface area contributed by atoms with E-state index in [2.05, 4.69) is 0 Å². The van der Waals surface area contributed by atoms with E-state index in [1.807, 2.05) is 31.2 Å². The van der Waals surface area contributed by atoms with Crippen LogP contribution in [-0.2, 0) is 16.1 Å². The zero-order valence-corrected chi connectivity index (χ0v) is 12.6. The van der Waals surface area contributed by atoms with Crippen molar-refractivity contribution in [3.8, 4) is 11.5 Å². The molecule has 2 aromatic carbocycles. The first kappa shape index (κ1) is 15.6. The summed E-state index contributed by atoms with van der Waals surface area (Å²) in [5, 5.41) is 9.50. The first-order valence-corrected chi connectivity index (χ1v) is 6.86. The molecule has 0 aliphatic carbocycles. The molecule has 0 fully saturated rings. The molecule has 0 saturated heterocycles. The highest BCUT2D eigenvalue weighted by molar-refractivity contribution is 5.87. The van der Waals surface area contributed by atoms with Gasteiger partial charge in [0.25, 0.3) is 0 Å². The van der Waals surface area contributed by atoms with Gasteiger partial charge in [-0.05, 0) is 36.3 Å². The average molecular weight is 298 g/mol. The third-order valence-corrected chi connectivity index (χ3v) is 3.12. The Bertz CT molecular complexity index is 672. The molecular formula is C18H18O4. The summed E-state index contributed by atoms with van der Waals surface area (Å²) in [7, 11) is 1.47. The smallest absolute Gasteiger partial charge is 0.331 e. The van der Waals surface area contributed by atoms with E-state index >= 15 is 0 Å². The number of benzene rings is 2. The number of esters is 1. The molecule has 0 spiro atoms. The van der Waals surface area contributed by atoms with Gasteiger partial charge in [0.15, 0.2) is 11.5 Å². The number of aryl methyl sites for hydroxylation is 1. The molecule has 0 aliphatic rings. The second-order valence-corrected chi connectivity index (χ2v) is 4.86. The third-order valence-electron chi connectivity index (χ3n) is 3.12. The minimum atomic E-state index is -0.424. The lowest BCUT2D eigenvalue weighted by Crippen LogP contribution is -2.00. The fourth-order valence-corrected chi connectivity index (χ4v) is 1.85. The van der Waals surface area contributed by atoms with Crippen LogP contribution in [0.15, 0.2) is 48.5 Å². The number of carbonyl (C=O) groups is 1. The van der Waals surface area contributed by atoms with E-state index in [1.54, 1.807) is 18.2 Å². The predicted octanol–water partition coefficient (Wildman–Crippen LogP) is 3.47. The molecule has 0 aromatic heterocycles. The number of methoxy groups -OCH3 is 1. The monoisotopic (exact) mass is 298 g/mol. The van der Waals surface area contributed by atoms with Gasteiger partial charge in [-0.15, -0.1) is 0 Å². The van der Waals surface area contributed by atoms with Gasteiger partial charge in [0, 0.05) is 6.08 Å². The number of ether oxygens (including phenoxy) is 2. The van der Waals surface area contributed by atoms with Crippen molar-refractivity contribution in [2.45, 2.75) is 13.5 Å². The average Bonchev–Trinajstić information content (AvgIpc) is 2.53. The van der Waals surface area contributed by atoms with Crippen molar-refractivity contribution in [3.63, 3.8) is 0 Å². The zero-order valence-electron chi connectivity index (χ0n) is 12.6. The van der Waals surface area contributed by atoms with E-state index in [-0.39, 0.29) is 12.4 Å². The SMILES string of the molecule is COc1cc(/C=C/C(=O)OCc2ccc(C)cc2)ccc1O. The maximum absolute atomic E-state index is 11.7. The quantitative estimate of drug-likeness (QED) is 0.678. The van der Waals surface area contributed by atoms with Crippen LogP contribution < -0.4 is 4.74 Å². The van der Waals surface area contributed by atoms with Crippen LogP contribution in [0.4, 0.5) is 0 Å². The third kappa shape index (κ3) is 4.38. The molecule has 22 heavy (non-hydrogen) atoms. The predicted molar refractivity (Wildman–Crippen MR) is 84.7 cm³/mol. The normalized spacial score (nSPS) is 10.6. The first-order valence-electron chi connectivity index (χ1n) is 6.86. The summed E-state index contributed by atoms with van der Waals surface area (Å²) in [6, 6.07) is 12.6. The molecule has 1 N–H and O–H groups in total. The summed E-state index contributed by atoms with van der Waals surface area (Å²) in [4.78, 5) is 11.7. The summed E-state index contributed by atoms with van der Waals surface area (Å²) in [6.07, 6.45) is 2.96. The second kappa shape index (κ2) is 7.31. The van der Waals surface area contributed by atoms with Crippen LogP contribution in [0.2, 0.25) is 0 Å². The molecule has 0 amide bonds. The lowest BCUT2D eigenvalue weighted by Gasteiger charge is -2.04. The molecule has 0 atom stereocenters. The highest BCUT2D eigenvalue weighted by atomic mass is 16.5. The lowest BCUT2D eigenvalue weighted by molar-refractivity contribution is -0.138. The van der Waals surface area contributed by atoms with Crippen LogP contribution in [-0.4, -0.2) is 18.2 Å². The van der Waals surface area contributed by atoms with Gasteiger partial charge in [0.2, 0.25) is 0 Å². The molecule has 0 aliphatic heterocycles. The second-order valence-electron chi connectivity index (χ2n) is 4.86. The van der Waals surface area contributed by atoms with Crippen molar-refractivity contribution in [1.29, 1.82) is 0 Å². The fourth-order valence-electron chi connectivity index (χ4n) is 1.85. The Morgan fingerprint density at radius 3 is 2.59 bits per heavy atom. The molecule has 0 bridgehead atoms. The Labute approximate surface area is 129 Å². The van der Waals surface area contributed by atoms with Crippen LogP contribution in [0.1, 0.15) is 16.7 Å².